The molecule has 3 rings (SSSR count). The van der Waals surface area contributed by atoms with Crippen molar-refractivity contribution in [2.45, 2.75) is 13.5 Å². The van der Waals surface area contributed by atoms with Crippen LogP contribution >= 0.6 is 11.6 Å². The van der Waals surface area contributed by atoms with Crippen molar-refractivity contribution in [3.8, 4) is 11.5 Å². The first-order chi connectivity index (χ1) is 12.9. The van der Waals surface area contributed by atoms with Crippen LogP contribution in [0.3, 0.4) is 0 Å². The average molecular weight is 387 g/mol. The Balaban J connectivity index is 1.86. The highest BCUT2D eigenvalue weighted by molar-refractivity contribution is 6.31. The number of nitrogens with one attached hydrogen (secondary N) is 1. The Morgan fingerprint density at radius 2 is 1.81 bits per heavy atom. The Labute approximate surface area is 161 Å². The Morgan fingerprint density at radius 3 is 2.48 bits per heavy atom. The van der Waals surface area contributed by atoms with E-state index in [9.17, 15) is 9.59 Å². The van der Waals surface area contributed by atoms with Crippen LogP contribution in [0.15, 0.2) is 42.6 Å². The lowest BCUT2D eigenvalue weighted by Gasteiger charge is -2.10. The van der Waals surface area contributed by atoms with Gasteiger partial charge in [-0.3, -0.25) is 14.2 Å². The zero-order valence-corrected chi connectivity index (χ0v) is 16.0. The summed E-state index contributed by atoms with van der Waals surface area (Å²) in [5.41, 5.74) is 1.89. The molecule has 0 saturated carbocycles. The molecule has 3 aromatic rings. The van der Waals surface area contributed by atoms with E-state index >= 15 is 0 Å². The molecule has 6 nitrogen and oxygen atoms in total. The number of aromatic nitrogens is 1. The summed E-state index contributed by atoms with van der Waals surface area (Å²) < 4.78 is 11.9. The van der Waals surface area contributed by atoms with Crippen LogP contribution in [0, 0.1) is 0 Å². The van der Waals surface area contributed by atoms with Gasteiger partial charge >= 0.3 is 0 Å². The van der Waals surface area contributed by atoms with E-state index in [2.05, 4.69) is 5.32 Å². The third kappa shape index (κ3) is 3.75. The van der Waals surface area contributed by atoms with Gasteiger partial charge in [-0.2, -0.15) is 0 Å². The molecule has 1 heterocycles. The van der Waals surface area contributed by atoms with Gasteiger partial charge < -0.3 is 14.8 Å². The van der Waals surface area contributed by atoms with E-state index in [0.29, 0.717) is 39.5 Å². The van der Waals surface area contributed by atoms with Crippen molar-refractivity contribution in [1.82, 2.24) is 9.88 Å². The number of benzene rings is 2. The van der Waals surface area contributed by atoms with E-state index in [4.69, 9.17) is 21.1 Å². The zero-order valence-electron chi connectivity index (χ0n) is 15.2. The van der Waals surface area contributed by atoms with Crippen molar-refractivity contribution in [3.05, 3.63) is 58.7 Å². The van der Waals surface area contributed by atoms with E-state index in [1.54, 1.807) is 44.6 Å². The predicted molar refractivity (Wildman–Crippen MR) is 104 cm³/mol. The molecule has 0 spiro atoms. The number of rotatable bonds is 5. The highest BCUT2D eigenvalue weighted by Gasteiger charge is 2.17. The minimum absolute atomic E-state index is 0.179. The van der Waals surface area contributed by atoms with Crippen LogP contribution in [0.4, 0.5) is 0 Å². The third-order valence-corrected chi connectivity index (χ3v) is 4.49. The van der Waals surface area contributed by atoms with Crippen molar-refractivity contribution in [2.75, 3.05) is 14.2 Å². The van der Waals surface area contributed by atoms with Gasteiger partial charge in [-0.25, -0.2) is 0 Å². The second kappa shape index (κ2) is 7.72. The molecule has 0 bridgehead atoms. The summed E-state index contributed by atoms with van der Waals surface area (Å²) in [5, 5.41) is 3.99. The van der Waals surface area contributed by atoms with Crippen molar-refractivity contribution < 1.29 is 19.1 Å². The molecule has 0 atom stereocenters. The number of carbonyl (C=O) groups is 2. The summed E-state index contributed by atoms with van der Waals surface area (Å²) in [6.07, 6.45) is 1.53. The predicted octanol–water partition coefficient (Wildman–Crippen LogP) is 3.90. The van der Waals surface area contributed by atoms with Gasteiger partial charge in [-0.15, -0.1) is 0 Å². The molecule has 0 saturated heterocycles. The number of fused-ring (bicyclic) bond motifs is 1. The van der Waals surface area contributed by atoms with Crippen LogP contribution in [-0.4, -0.2) is 30.6 Å². The Hall–Kier alpha value is -2.99. The number of nitrogens with zero attached hydrogens (tertiary/aromatic N) is 1. The summed E-state index contributed by atoms with van der Waals surface area (Å²) >= 11 is 6.07. The maximum absolute atomic E-state index is 12.7. The fraction of sp³-hybridized carbons (Fsp3) is 0.200. The molecule has 2 aromatic carbocycles. The van der Waals surface area contributed by atoms with Crippen molar-refractivity contribution >= 4 is 34.3 Å². The van der Waals surface area contributed by atoms with Crippen LogP contribution in [0.25, 0.3) is 10.9 Å². The minimum atomic E-state index is -0.294. The number of carbonyl (C=O) groups excluding carboxylic acids is 2. The summed E-state index contributed by atoms with van der Waals surface area (Å²) in [7, 11) is 3.12. The molecule has 0 unspecified atom stereocenters. The highest BCUT2D eigenvalue weighted by Crippen LogP contribution is 2.28. The topological polar surface area (TPSA) is 69.6 Å². The number of hydrogen-bond donors (Lipinski definition) is 1. The third-order valence-electron chi connectivity index (χ3n) is 4.25. The average Bonchev–Trinajstić information content (AvgIpc) is 3.04. The fourth-order valence-corrected chi connectivity index (χ4v) is 3.08. The van der Waals surface area contributed by atoms with Crippen molar-refractivity contribution in [2.24, 2.45) is 0 Å². The molecule has 0 aliphatic carbocycles. The lowest BCUT2D eigenvalue weighted by Crippen LogP contribution is -2.22. The maximum Gasteiger partial charge on any atom is 0.253 e. The van der Waals surface area contributed by atoms with Crippen molar-refractivity contribution in [3.63, 3.8) is 0 Å². The standard InChI is InChI=1S/C20H19ClN2O4/c1-12(24)23-11-16(15-9-14(21)5-6-17(15)23)20(25)22-10-13-4-7-18(26-2)19(8-13)27-3/h4-9,11H,10H2,1-3H3,(H,22,25). The molecule has 0 aliphatic rings. The molecule has 27 heavy (non-hydrogen) atoms. The van der Waals surface area contributed by atoms with Gasteiger partial charge in [0, 0.05) is 30.1 Å². The van der Waals surface area contributed by atoms with Crippen molar-refractivity contribution in [1.29, 1.82) is 0 Å². The number of hydrogen-bond acceptors (Lipinski definition) is 4. The quantitative estimate of drug-likeness (QED) is 0.722. The molecule has 0 radical (unpaired) electrons. The minimum Gasteiger partial charge on any atom is -0.493 e. The van der Waals surface area contributed by atoms with Crippen LogP contribution in [0.1, 0.15) is 27.6 Å². The summed E-state index contributed by atoms with van der Waals surface area (Å²) in [6, 6.07) is 10.5. The second-order valence-corrected chi connectivity index (χ2v) is 6.40. The monoisotopic (exact) mass is 386 g/mol. The Bertz CT molecular complexity index is 1030. The smallest absolute Gasteiger partial charge is 0.253 e. The Kier molecular flexibility index (Phi) is 5.37. The zero-order chi connectivity index (χ0) is 19.6. The van der Waals surface area contributed by atoms with Crippen LogP contribution in [0.2, 0.25) is 5.02 Å². The maximum atomic E-state index is 12.7. The normalized spacial score (nSPS) is 10.7. The van der Waals surface area contributed by atoms with E-state index < -0.39 is 0 Å². The van der Waals surface area contributed by atoms with E-state index in [0.717, 1.165) is 5.56 Å². The molecule has 1 amide bonds. The van der Waals surface area contributed by atoms with Gasteiger partial charge in [0.05, 0.1) is 25.3 Å². The Morgan fingerprint density at radius 1 is 1.07 bits per heavy atom. The largest absolute Gasteiger partial charge is 0.493 e. The van der Waals surface area contributed by atoms with Gasteiger partial charge in [0.1, 0.15) is 0 Å². The molecule has 140 valence electrons. The van der Waals surface area contributed by atoms with E-state index in [-0.39, 0.29) is 11.8 Å². The summed E-state index contributed by atoms with van der Waals surface area (Å²) in [6.45, 7) is 1.74. The summed E-state index contributed by atoms with van der Waals surface area (Å²) in [4.78, 5) is 24.6. The molecule has 1 N–H and O–H groups in total. The molecular weight excluding hydrogens is 368 g/mol. The van der Waals surface area contributed by atoms with Crippen LogP contribution in [-0.2, 0) is 6.54 Å². The first-order valence-corrected chi connectivity index (χ1v) is 8.63. The van der Waals surface area contributed by atoms with Gasteiger partial charge in [-0.05, 0) is 35.9 Å². The van der Waals surface area contributed by atoms with Gasteiger partial charge in [0.25, 0.3) is 5.91 Å². The van der Waals surface area contributed by atoms with Crippen LogP contribution < -0.4 is 14.8 Å². The van der Waals surface area contributed by atoms with Gasteiger partial charge in [0.15, 0.2) is 11.5 Å². The molecular formula is C20H19ClN2O4. The van der Waals surface area contributed by atoms with Gasteiger partial charge in [0.2, 0.25) is 5.91 Å². The molecule has 0 fully saturated rings. The lowest BCUT2D eigenvalue weighted by molar-refractivity contribution is 0.0941. The first kappa shape index (κ1) is 18.8. The second-order valence-electron chi connectivity index (χ2n) is 5.97. The molecule has 1 aromatic heterocycles. The summed E-state index contributed by atoms with van der Waals surface area (Å²) in [5.74, 6) is 0.731. The number of methoxy groups -OCH3 is 2. The van der Waals surface area contributed by atoms with E-state index in [1.807, 2.05) is 6.07 Å². The van der Waals surface area contributed by atoms with Gasteiger partial charge in [-0.1, -0.05) is 17.7 Å². The SMILES string of the molecule is COc1ccc(CNC(=O)c2cn(C(C)=O)c3ccc(Cl)cc23)cc1OC. The first-order valence-electron chi connectivity index (χ1n) is 8.25. The number of halogens is 1. The lowest BCUT2D eigenvalue weighted by atomic mass is 10.1. The van der Waals surface area contributed by atoms with Crippen LogP contribution in [0.5, 0.6) is 11.5 Å². The fourth-order valence-electron chi connectivity index (χ4n) is 2.91. The number of amides is 1. The van der Waals surface area contributed by atoms with E-state index in [1.165, 1.54) is 17.7 Å². The molecule has 7 heteroatoms. The highest BCUT2D eigenvalue weighted by atomic mass is 35.5. The number of ether oxygens (including phenoxy) is 2. The molecule has 0 aliphatic heterocycles.